The molecule has 9 nitrogen and oxygen atoms in total. The topological polar surface area (TPSA) is 111 Å². The summed E-state index contributed by atoms with van der Waals surface area (Å²) >= 11 is 0. The molecule has 2 atom stereocenters. The third-order valence-corrected chi connectivity index (χ3v) is 15.5. The van der Waals surface area contributed by atoms with E-state index >= 15 is 0 Å². The highest BCUT2D eigenvalue weighted by Crippen LogP contribution is 2.38. The van der Waals surface area contributed by atoms with Crippen LogP contribution in [0, 0.1) is 0 Å². The van der Waals surface area contributed by atoms with Crippen molar-refractivity contribution in [2.24, 2.45) is 0 Å². The second-order valence-electron chi connectivity index (χ2n) is 23.5. The molecule has 0 N–H and O–H groups in total. The predicted molar refractivity (Wildman–Crippen MR) is 337 cm³/mol. The zero-order valence-corrected chi connectivity index (χ0v) is 53.2. The second kappa shape index (κ2) is 60.1. The molecule has 0 spiro atoms. The Morgan fingerprint density at radius 2 is 0.722 bits per heavy atom. The molecule has 79 heavy (non-hydrogen) atoms. The molecule has 460 valence electrons. The molecule has 0 aliphatic heterocycles. The molecule has 2 unspecified atom stereocenters. The molecule has 0 saturated carbocycles. The number of quaternary nitrogens is 1. The van der Waals surface area contributed by atoms with Gasteiger partial charge in [-0.15, -0.1) is 0 Å². The lowest BCUT2D eigenvalue weighted by Gasteiger charge is -2.28. The Kier molecular flexibility index (Phi) is 58.1. The minimum absolute atomic E-state index is 0.0358. The van der Waals surface area contributed by atoms with Crippen molar-refractivity contribution in [1.82, 2.24) is 0 Å². The first-order valence-electron chi connectivity index (χ1n) is 33.1. The van der Waals surface area contributed by atoms with Gasteiger partial charge in [-0.3, -0.25) is 14.2 Å². The van der Waals surface area contributed by atoms with Crippen LogP contribution in [-0.2, 0) is 32.7 Å². The van der Waals surface area contributed by atoms with Gasteiger partial charge in [0, 0.05) is 12.8 Å². The predicted octanol–water partition coefficient (Wildman–Crippen LogP) is 20.6. The van der Waals surface area contributed by atoms with Gasteiger partial charge in [0.15, 0.2) is 6.10 Å². The van der Waals surface area contributed by atoms with E-state index in [0.29, 0.717) is 17.4 Å². The zero-order chi connectivity index (χ0) is 57.7. The van der Waals surface area contributed by atoms with Crippen LogP contribution >= 0.6 is 7.82 Å². The van der Waals surface area contributed by atoms with Crippen LogP contribution < -0.4 is 4.89 Å². The average Bonchev–Trinajstić information content (AvgIpc) is 3.41. The fourth-order valence-electron chi connectivity index (χ4n) is 9.43. The maximum atomic E-state index is 12.8. The van der Waals surface area contributed by atoms with Gasteiger partial charge in [-0.2, -0.15) is 0 Å². The van der Waals surface area contributed by atoms with Crippen molar-refractivity contribution in [2.45, 2.75) is 309 Å². The van der Waals surface area contributed by atoms with Gasteiger partial charge in [-0.05, 0) is 64.2 Å². The summed E-state index contributed by atoms with van der Waals surface area (Å²) in [7, 11) is 1.16. The molecule has 0 aromatic rings. The highest BCUT2D eigenvalue weighted by Gasteiger charge is 2.22. The van der Waals surface area contributed by atoms with Crippen LogP contribution in [0.15, 0.2) is 72.9 Å². The van der Waals surface area contributed by atoms with Crippen molar-refractivity contribution >= 4 is 19.8 Å². The third kappa shape index (κ3) is 64.5. The molecule has 0 aromatic heterocycles. The standard InChI is InChI=1S/C69H126NO8P/c1-6-8-10-12-14-16-18-20-22-24-26-28-30-32-33-34-35-36-38-39-41-43-45-47-49-51-53-55-57-59-61-68(71)75-65-67(66-77-79(73,74)76-64-63-70(3,4)5)78-69(72)62-60-58-56-54-52-50-48-46-44-42-40-37-31-29-27-25-23-21-19-17-15-13-11-9-7-2/h9,11,15,17,21,23,27,29,37,40,44,46,67H,6-8,10,12-14,16,18-20,22,24-26,28,30-36,38-39,41-43,45,47-66H2,1-5H3/b11-9-,17-15-,23-21-,29-27-,40-37-,46-44-. The fourth-order valence-corrected chi connectivity index (χ4v) is 10.2. The average molecular weight is 1130 g/mol. The minimum atomic E-state index is -4.65. The van der Waals surface area contributed by atoms with E-state index in [0.717, 1.165) is 96.3 Å². The number of unbranched alkanes of at least 4 members (excludes halogenated alkanes) is 35. The monoisotopic (exact) mass is 1130 g/mol. The van der Waals surface area contributed by atoms with Crippen LogP contribution in [0.1, 0.15) is 303 Å². The maximum absolute atomic E-state index is 12.8. The summed E-state index contributed by atoms with van der Waals surface area (Å²) in [5, 5.41) is 0. The molecular formula is C69H126NO8P. The third-order valence-electron chi connectivity index (χ3n) is 14.5. The molecular weight excluding hydrogens is 1000 g/mol. The Morgan fingerprint density at radius 3 is 1.08 bits per heavy atom. The lowest BCUT2D eigenvalue weighted by molar-refractivity contribution is -0.870. The Labute approximate surface area is 489 Å². The summed E-state index contributed by atoms with van der Waals surface area (Å²) in [6, 6.07) is 0. The second-order valence-corrected chi connectivity index (χ2v) is 24.9. The van der Waals surface area contributed by atoms with E-state index in [1.54, 1.807) is 0 Å². The van der Waals surface area contributed by atoms with Crippen LogP contribution in [0.2, 0.25) is 0 Å². The summed E-state index contributed by atoms with van der Waals surface area (Å²) in [6.07, 6.45) is 79.8. The van der Waals surface area contributed by atoms with Crippen LogP contribution in [0.5, 0.6) is 0 Å². The van der Waals surface area contributed by atoms with Crippen molar-refractivity contribution < 1.29 is 42.1 Å². The molecule has 0 amide bonds. The quantitative estimate of drug-likeness (QED) is 0.0195. The van der Waals surface area contributed by atoms with Crippen molar-refractivity contribution in [1.29, 1.82) is 0 Å². The molecule has 0 rings (SSSR count). The van der Waals surface area contributed by atoms with Crippen LogP contribution in [0.4, 0.5) is 0 Å². The van der Waals surface area contributed by atoms with E-state index in [-0.39, 0.29) is 32.0 Å². The first-order valence-corrected chi connectivity index (χ1v) is 34.6. The highest BCUT2D eigenvalue weighted by molar-refractivity contribution is 7.45. The van der Waals surface area contributed by atoms with Crippen molar-refractivity contribution in [3.8, 4) is 0 Å². The van der Waals surface area contributed by atoms with Crippen LogP contribution in [-0.4, -0.2) is 70.0 Å². The number of hydrogen-bond donors (Lipinski definition) is 0. The maximum Gasteiger partial charge on any atom is 0.306 e. The van der Waals surface area contributed by atoms with E-state index in [1.165, 1.54) is 173 Å². The first-order chi connectivity index (χ1) is 38.5. The number of phosphoric ester groups is 1. The smallest absolute Gasteiger partial charge is 0.306 e. The van der Waals surface area contributed by atoms with Gasteiger partial charge in [-0.1, -0.05) is 299 Å². The number of ether oxygens (including phenoxy) is 2. The Morgan fingerprint density at radius 1 is 0.405 bits per heavy atom. The molecule has 0 fully saturated rings. The molecule has 0 radical (unpaired) electrons. The van der Waals surface area contributed by atoms with Gasteiger partial charge < -0.3 is 27.9 Å². The van der Waals surface area contributed by atoms with Gasteiger partial charge >= 0.3 is 11.9 Å². The summed E-state index contributed by atoms with van der Waals surface area (Å²) < 4.78 is 34.3. The summed E-state index contributed by atoms with van der Waals surface area (Å²) in [5.41, 5.74) is 0. The van der Waals surface area contributed by atoms with Gasteiger partial charge in [0.2, 0.25) is 0 Å². The van der Waals surface area contributed by atoms with Crippen molar-refractivity contribution in [3.05, 3.63) is 72.9 Å². The number of allylic oxidation sites excluding steroid dienone is 12. The number of carbonyl (C=O) groups is 2. The van der Waals surface area contributed by atoms with E-state index in [4.69, 9.17) is 18.5 Å². The molecule has 0 bridgehead atoms. The number of esters is 2. The van der Waals surface area contributed by atoms with Crippen LogP contribution in [0.3, 0.4) is 0 Å². The molecule has 0 aliphatic rings. The Hall–Kier alpha value is -2.55. The minimum Gasteiger partial charge on any atom is -0.756 e. The van der Waals surface area contributed by atoms with Crippen LogP contribution in [0.25, 0.3) is 0 Å². The van der Waals surface area contributed by atoms with Crippen molar-refractivity contribution in [2.75, 3.05) is 47.5 Å². The number of carbonyl (C=O) groups excluding carboxylic acids is 2. The zero-order valence-electron chi connectivity index (χ0n) is 52.3. The number of likely N-dealkylation sites (N-methyl/N-ethyl adjacent to an activating group) is 1. The van der Waals surface area contributed by atoms with E-state index in [9.17, 15) is 19.0 Å². The first kappa shape index (κ1) is 76.5. The number of rotatable bonds is 61. The summed E-state index contributed by atoms with van der Waals surface area (Å²) in [5.74, 6) is -0.841. The number of nitrogens with zero attached hydrogens (tertiary/aromatic N) is 1. The Balaban J connectivity index is 4.08. The lowest BCUT2D eigenvalue weighted by atomic mass is 10.0. The van der Waals surface area contributed by atoms with Gasteiger partial charge in [-0.25, -0.2) is 0 Å². The van der Waals surface area contributed by atoms with E-state index in [2.05, 4.69) is 86.8 Å². The number of phosphoric acid groups is 1. The van der Waals surface area contributed by atoms with Gasteiger partial charge in [0.05, 0.1) is 27.7 Å². The van der Waals surface area contributed by atoms with Gasteiger partial charge in [0.1, 0.15) is 19.8 Å². The van der Waals surface area contributed by atoms with Gasteiger partial charge in [0.25, 0.3) is 7.82 Å². The van der Waals surface area contributed by atoms with E-state index < -0.39 is 26.5 Å². The molecule has 0 aromatic carbocycles. The highest BCUT2D eigenvalue weighted by atomic mass is 31.2. The molecule has 10 heteroatoms. The summed E-state index contributed by atoms with van der Waals surface area (Å²) in [4.78, 5) is 38.0. The fraction of sp³-hybridized carbons (Fsp3) is 0.797. The summed E-state index contributed by atoms with van der Waals surface area (Å²) in [6.45, 7) is 4.15. The van der Waals surface area contributed by atoms with E-state index in [1.807, 2.05) is 21.1 Å². The van der Waals surface area contributed by atoms with Crippen molar-refractivity contribution in [3.63, 3.8) is 0 Å². The molecule has 0 aliphatic carbocycles. The Bertz CT molecular complexity index is 1560. The number of hydrogen-bond acceptors (Lipinski definition) is 8. The normalized spacial score (nSPS) is 13.6. The molecule has 0 saturated heterocycles. The lowest BCUT2D eigenvalue weighted by Crippen LogP contribution is -2.37. The SMILES string of the molecule is CC/C=C\C/C=C\C/C=C\C/C=C\C/C=C\C/C=C\CCCCCCCCC(=O)OC(COC(=O)CCCCCCCCCCCCCCCCCCCCCCCCCCCCCCCC)COP(=O)([O-])OCC[N+](C)(C)C. The molecule has 0 heterocycles. The largest absolute Gasteiger partial charge is 0.756 e.